The van der Waals surface area contributed by atoms with Crippen LogP contribution in [0.5, 0.6) is 0 Å². The van der Waals surface area contributed by atoms with E-state index in [0.29, 0.717) is 51.4 Å². The molecule has 140 valence electrons. The molecule has 0 aromatic carbocycles. The van der Waals surface area contributed by atoms with E-state index in [9.17, 15) is 14.4 Å². The monoisotopic (exact) mass is 359 g/mol. The molecule has 1 aromatic heterocycles. The lowest BCUT2D eigenvalue weighted by molar-refractivity contribution is -0.135. The van der Waals surface area contributed by atoms with Gasteiger partial charge in [0.2, 0.25) is 5.91 Å². The molecule has 0 saturated carbocycles. The van der Waals surface area contributed by atoms with Crippen molar-refractivity contribution in [2.24, 2.45) is 5.92 Å². The molecule has 2 amide bonds. The fourth-order valence-corrected chi connectivity index (χ4v) is 3.55. The van der Waals surface area contributed by atoms with E-state index < -0.39 is 11.7 Å². The lowest BCUT2D eigenvalue weighted by Crippen LogP contribution is -2.44. The van der Waals surface area contributed by atoms with Gasteiger partial charge in [0, 0.05) is 50.6 Å². The number of likely N-dealkylation sites (tertiary alicyclic amines) is 1. The first-order chi connectivity index (χ1) is 12.6. The third-order valence-electron chi connectivity index (χ3n) is 5.05. The summed E-state index contributed by atoms with van der Waals surface area (Å²) in [7, 11) is 0. The maximum Gasteiger partial charge on any atom is 0.295 e. The molecule has 0 radical (unpaired) electrons. The first kappa shape index (κ1) is 18.5. The van der Waals surface area contributed by atoms with Crippen LogP contribution >= 0.6 is 0 Å². The highest BCUT2D eigenvalue weighted by molar-refractivity contribution is 6.42. The van der Waals surface area contributed by atoms with Gasteiger partial charge in [-0.3, -0.25) is 19.4 Å². The zero-order valence-corrected chi connectivity index (χ0v) is 14.9. The average molecular weight is 359 g/mol. The van der Waals surface area contributed by atoms with Crippen molar-refractivity contribution in [3.8, 4) is 0 Å². The molecule has 0 unspecified atom stereocenters. The summed E-state index contributed by atoms with van der Waals surface area (Å²) in [6, 6.07) is 3.26. The summed E-state index contributed by atoms with van der Waals surface area (Å²) in [4.78, 5) is 44.5. The lowest BCUT2D eigenvalue weighted by Gasteiger charge is -2.33. The van der Waals surface area contributed by atoms with Crippen LogP contribution in [0.2, 0.25) is 0 Å². The number of ether oxygens (including phenoxy) is 1. The van der Waals surface area contributed by atoms with E-state index >= 15 is 0 Å². The summed E-state index contributed by atoms with van der Waals surface area (Å²) in [5.41, 5.74) is 0.321. The van der Waals surface area contributed by atoms with Gasteiger partial charge in [0.05, 0.1) is 13.2 Å². The third kappa shape index (κ3) is 4.66. The standard InChI is InChI=1S/C19H25N3O4/c23-17(21-9-11-26-12-10-21)6-5-15-3-2-8-22(14-15)19(25)18(24)16-4-1-7-20-13-16/h1,4,7,13,15H,2-3,5-6,8-12,14H2/t15-/m1/s1. The quantitative estimate of drug-likeness (QED) is 0.582. The average Bonchev–Trinajstić information content (AvgIpc) is 2.72. The summed E-state index contributed by atoms with van der Waals surface area (Å²) < 4.78 is 5.27. The Bertz CT molecular complexity index is 643. The largest absolute Gasteiger partial charge is 0.378 e. The predicted octanol–water partition coefficient (Wildman–Crippen LogP) is 1.14. The van der Waals surface area contributed by atoms with Gasteiger partial charge in [0.1, 0.15) is 0 Å². The number of nitrogens with zero attached hydrogens (tertiary/aromatic N) is 3. The van der Waals surface area contributed by atoms with E-state index in [2.05, 4.69) is 4.98 Å². The van der Waals surface area contributed by atoms with Crippen LogP contribution in [0.15, 0.2) is 24.5 Å². The summed E-state index contributed by atoms with van der Waals surface area (Å²) in [6.07, 6.45) is 6.08. The highest BCUT2D eigenvalue weighted by Gasteiger charge is 2.29. The molecule has 2 fully saturated rings. The smallest absolute Gasteiger partial charge is 0.295 e. The minimum absolute atomic E-state index is 0.156. The van der Waals surface area contributed by atoms with Gasteiger partial charge < -0.3 is 14.5 Å². The van der Waals surface area contributed by atoms with Crippen LogP contribution in [0.25, 0.3) is 0 Å². The normalized spacial score (nSPS) is 20.7. The van der Waals surface area contributed by atoms with Crippen LogP contribution in [0.3, 0.4) is 0 Å². The van der Waals surface area contributed by atoms with Gasteiger partial charge in [-0.2, -0.15) is 0 Å². The molecular weight excluding hydrogens is 334 g/mol. The number of ketones is 1. The SMILES string of the molecule is O=C(C(=O)N1CCC[C@H](CCC(=O)N2CCOCC2)C1)c1cccnc1. The van der Waals surface area contributed by atoms with Crippen molar-refractivity contribution in [3.63, 3.8) is 0 Å². The summed E-state index contributed by atoms with van der Waals surface area (Å²) >= 11 is 0. The minimum atomic E-state index is -0.511. The molecule has 0 bridgehead atoms. The number of pyridine rings is 1. The van der Waals surface area contributed by atoms with Crippen molar-refractivity contribution in [2.75, 3.05) is 39.4 Å². The lowest BCUT2D eigenvalue weighted by atomic mass is 9.92. The van der Waals surface area contributed by atoms with Crippen LogP contribution in [0.1, 0.15) is 36.0 Å². The topological polar surface area (TPSA) is 79.8 Å². The van der Waals surface area contributed by atoms with Crippen molar-refractivity contribution >= 4 is 17.6 Å². The van der Waals surface area contributed by atoms with Crippen molar-refractivity contribution in [3.05, 3.63) is 30.1 Å². The molecule has 3 heterocycles. The minimum Gasteiger partial charge on any atom is -0.378 e. The molecule has 2 saturated heterocycles. The third-order valence-corrected chi connectivity index (χ3v) is 5.05. The Morgan fingerprint density at radius 3 is 2.69 bits per heavy atom. The van der Waals surface area contributed by atoms with E-state index in [1.165, 1.54) is 6.20 Å². The number of hydrogen-bond acceptors (Lipinski definition) is 5. The predicted molar refractivity (Wildman–Crippen MR) is 94.5 cm³/mol. The zero-order valence-electron chi connectivity index (χ0n) is 14.9. The molecule has 0 N–H and O–H groups in total. The van der Waals surface area contributed by atoms with Gasteiger partial charge in [-0.05, 0) is 37.3 Å². The number of Topliss-reactive ketones (excluding diaryl/α,β-unsaturated/α-hetero) is 1. The number of rotatable bonds is 5. The Kier molecular flexibility index (Phi) is 6.33. The summed E-state index contributed by atoms with van der Waals surface area (Å²) in [5.74, 6) is -0.562. The Morgan fingerprint density at radius 2 is 1.96 bits per heavy atom. The highest BCUT2D eigenvalue weighted by Crippen LogP contribution is 2.22. The number of amides is 2. The number of piperidine rings is 1. The number of aromatic nitrogens is 1. The second-order valence-corrected chi connectivity index (χ2v) is 6.86. The molecule has 3 rings (SSSR count). The van der Waals surface area contributed by atoms with Crippen LogP contribution in [0, 0.1) is 5.92 Å². The van der Waals surface area contributed by atoms with Gasteiger partial charge in [0.25, 0.3) is 11.7 Å². The number of hydrogen-bond donors (Lipinski definition) is 0. The molecule has 26 heavy (non-hydrogen) atoms. The Morgan fingerprint density at radius 1 is 1.15 bits per heavy atom. The van der Waals surface area contributed by atoms with Gasteiger partial charge in [-0.25, -0.2) is 0 Å². The van der Waals surface area contributed by atoms with E-state index in [1.54, 1.807) is 23.2 Å². The van der Waals surface area contributed by atoms with E-state index in [1.807, 2.05) is 4.90 Å². The van der Waals surface area contributed by atoms with Crippen molar-refractivity contribution in [1.29, 1.82) is 0 Å². The number of carbonyl (C=O) groups is 3. The number of carbonyl (C=O) groups excluding carboxylic acids is 3. The van der Waals surface area contributed by atoms with Crippen LogP contribution < -0.4 is 0 Å². The molecule has 1 atom stereocenters. The molecule has 0 aliphatic carbocycles. The van der Waals surface area contributed by atoms with Crippen molar-refractivity contribution < 1.29 is 19.1 Å². The van der Waals surface area contributed by atoms with Crippen molar-refractivity contribution in [1.82, 2.24) is 14.8 Å². The molecule has 2 aliphatic heterocycles. The molecule has 7 nitrogen and oxygen atoms in total. The summed E-state index contributed by atoms with van der Waals surface area (Å²) in [6.45, 7) is 3.67. The van der Waals surface area contributed by atoms with E-state index in [4.69, 9.17) is 4.74 Å². The van der Waals surface area contributed by atoms with Gasteiger partial charge in [-0.15, -0.1) is 0 Å². The zero-order chi connectivity index (χ0) is 18.4. The van der Waals surface area contributed by atoms with E-state index in [-0.39, 0.29) is 11.8 Å². The van der Waals surface area contributed by atoms with Gasteiger partial charge in [-0.1, -0.05) is 0 Å². The maximum absolute atomic E-state index is 12.5. The van der Waals surface area contributed by atoms with Crippen LogP contribution in [-0.2, 0) is 14.3 Å². The fraction of sp³-hybridized carbons (Fsp3) is 0.579. The van der Waals surface area contributed by atoms with Crippen LogP contribution in [0.4, 0.5) is 0 Å². The fourth-order valence-electron chi connectivity index (χ4n) is 3.55. The molecule has 1 aromatic rings. The second-order valence-electron chi connectivity index (χ2n) is 6.86. The molecular formula is C19H25N3O4. The maximum atomic E-state index is 12.5. The first-order valence-corrected chi connectivity index (χ1v) is 9.24. The van der Waals surface area contributed by atoms with Crippen molar-refractivity contribution in [2.45, 2.75) is 25.7 Å². The molecule has 0 spiro atoms. The number of morpholine rings is 1. The van der Waals surface area contributed by atoms with Gasteiger partial charge >= 0.3 is 0 Å². The highest BCUT2D eigenvalue weighted by atomic mass is 16.5. The molecule has 2 aliphatic rings. The Labute approximate surface area is 153 Å². The second kappa shape index (κ2) is 8.89. The molecule has 7 heteroatoms. The first-order valence-electron chi connectivity index (χ1n) is 9.24. The van der Waals surface area contributed by atoms with Crippen LogP contribution in [-0.4, -0.2) is 71.8 Å². The Hall–Kier alpha value is -2.28. The van der Waals surface area contributed by atoms with E-state index in [0.717, 1.165) is 19.3 Å². The summed E-state index contributed by atoms with van der Waals surface area (Å²) in [5, 5.41) is 0. The Balaban J connectivity index is 1.50. The van der Waals surface area contributed by atoms with Gasteiger partial charge in [0.15, 0.2) is 0 Å².